The van der Waals surface area contributed by atoms with Gasteiger partial charge in [-0.05, 0) is 55.3 Å². The lowest BCUT2D eigenvalue weighted by Crippen LogP contribution is -2.31. The van der Waals surface area contributed by atoms with E-state index >= 15 is 0 Å². The van der Waals surface area contributed by atoms with Gasteiger partial charge in [0, 0.05) is 0 Å². The number of nitrogens with zero attached hydrogens (tertiary/aromatic N) is 2. The molecule has 0 saturated carbocycles. The van der Waals surface area contributed by atoms with Gasteiger partial charge in [0.1, 0.15) is 5.82 Å². The number of carbonyl (C=O) groups excluding carboxylic acids is 1. The Hall–Kier alpha value is -3.45. The van der Waals surface area contributed by atoms with Gasteiger partial charge in [-0.1, -0.05) is 48.6 Å². The monoisotopic (exact) mass is 450 g/mol. The molecule has 0 aliphatic heterocycles. The average molecular weight is 451 g/mol. The molecule has 4 aromatic rings. The molecule has 1 aromatic heterocycles. The van der Waals surface area contributed by atoms with Crippen LogP contribution >= 0.6 is 11.3 Å². The Morgan fingerprint density at radius 3 is 2.47 bits per heavy atom. The highest BCUT2D eigenvalue weighted by Crippen LogP contribution is 2.34. The number of carbonyl (C=O) groups is 1. The first-order valence-electron chi connectivity index (χ1n) is 10.4. The van der Waals surface area contributed by atoms with Gasteiger partial charge in [-0.2, -0.15) is 0 Å². The van der Waals surface area contributed by atoms with Crippen molar-refractivity contribution >= 4 is 38.3 Å². The van der Waals surface area contributed by atoms with Crippen molar-refractivity contribution in [2.75, 3.05) is 18.1 Å². The summed E-state index contributed by atoms with van der Waals surface area (Å²) < 4.78 is 26.8. The van der Waals surface area contributed by atoms with Gasteiger partial charge in [-0.15, -0.1) is 0 Å². The van der Waals surface area contributed by atoms with Gasteiger partial charge in [0.05, 0.1) is 22.5 Å². The fourth-order valence-corrected chi connectivity index (χ4v) is 4.15. The summed E-state index contributed by atoms with van der Waals surface area (Å²) in [7, 11) is 0. The van der Waals surface area contributed by atoms with Crippen molar-refractivity contribution in [1.82, 2.24) is 4.98 Å². The third kappa shape index (κ3) is 4.73. The average Bonchev–Trinajstić information content (AvgIpc) is 3.23. The Balaban J connectivity index is 1.64. The molecule has 0 fully saturated rings. The molecule has 0 aliphatic rings. The zero-order valence-electron chi connectivity index (χ0n) is 17.9. The van der Waals surface area contributed by atoms with E-state index in [-0.39, 0.29) is 18.3 Å². The van der Waals surface area contributed by atoms with Crippen molar-refractivity contribution in [3.8, 4) is 11.5 Å². The van der Waals surface area contributed by atoms with Crippen LogP contribution in [0.25, 0.3) is 10.2 Å². The normalized spacial score (nSPS) is 10.8. The molecule has 1 amide bonds. The minimum Gasteiger partial charge on any atom is -0.490 e. The molecule has 5 nitrogen and oxygen atoms in total. The molecule has 0 bridgehead atoms. The number of aryl methyl sites for hydroxylation is 1. The molecule has 0 N–H and O–H groups in total. The number of ether oxygens (including phenoxy) is 2. The molecule has 0 unspecified atom stereocenters. The van der Waals surface area contributed by atoms with Gasteiger partial charge in [0.25, 0.3) is 5.91 Å². The van der Waals surface area contributed by atoms with E-state index in [1.165, 1.54) is 22.3 Å². The maximum absolute atomic E-state index is 14.3. The van der Waals surface area contributed by atoms with Gasteiger partial charge >= 0.3 is 0 Å². The smallest absolute Gasteiger partial charge is 0.271 e. The summed E-state index contributed by atoms with van der Waals surface area (Å²) in [5, 5.41) is 0.457. The number of fused-ring (bicyclic) bond motifs is 1. The highest BCUT2D eigenvalue weighted by molar-refractivity contribution is 7.22. The number of anilines is 2. The van der Waals surface area contributed by atoms with Crippen molar-refractivity contribution in [2.24, 2.45) is 0 Å². The van der Waals surface area contributed by atoms with Gasteiger partial charge in [0.2, 0.25) is 0 Å². The van der Waals surface area contributed by atoms with Gasteiger partial charge in [-0.3, -0.25) is 9.69 Å². The minimum atomic E-state index is -0.388. The van der Waals surface area contributed by atoms with Crippen LogP contribution in [0.4, 0.5) is 15.2 Å². The number of aromatic nitrogens is 1. The van der Waals surface area contributed by atoms with Crippen LogP contribution in [0.15, 0.2) is 66.7 Å². The highest BCUT2D eigenvalue weighted by atomic mass is 32.1. The van der Waals surface area contributed by atoms with Crippen LogP contribution in [-0.4, -0.2) is 24.1 Å². The summed E-state index contributed by atoms with van der Waals surface area (Å²) in [6.07, 6.45) is 0.859. The van der Waals surface area contributed by atoms with Crippen LogP contribution < -0.4 is 14.4 Å². The lowest BCUT2D eigenvalue weighted by Gasteiger charge is -2.21. The van der Waals surface area contributed by atoms with Crippen LogP contribution in [0.1, 0.15) is 18.9 Å². The summed E-state index contributed by atoms with van der Waals surface area (Å²) in [6, 6.07) is 19.5. The Morgan fingerprint density at radius 1 is 1.03 bits per heavy atom. The summed E-state index contributed by atoms with van der Waals surface area (Å²) in [5.74, 6) is 0.307. The second-order valence-electron chi connectivity index (χ2n) is 7.21. The number of rotatable bonds is 8. The predicted octanol–water partition coefficient (Wildman–Crippen LogP) is 6.28. The second-order valence-corrected chi connectivity index (χ2v) is 8.22. The van der Waals surface area contributed by atoms with Crippen molar-refractivity contribution in [3.05, 3.63) is 78.1 Å². The third-order valence-corrected chi connectivity index (χ3v) is 5.82. The van der Waals surface area contributed by atoms with Crippen molar-refractivity contribution in [1.29, 1.82) is 0 Å². The van der Waals surface area contributed by atoms with Crippen molar-refractivity contribution < 1.29 is 18.7 Å². The molecule has 32 heavy (non-hydrogen) atoms. The highest BCUT2D eigenvalue weighted by Gasteiger charge is 2.23. The quantitative estimate of drug-likeness (QED) is 0.317. The molecule has 0 spiro atoms. The lowest BCUT2D eigenvalue weighted by molar-refractivity contribution is -0.119. The maximum atomic E-state index is 14.3. The van der Waals surface area contributed by atoms with E-state index in [0.717, 1.165) is 16.6 Å². The fourth-order valence-electron chi connectivity index (χ4n) is 3.14. The summed E-state index contributed by atoms with van der Waals surface area (Å²) in [6.45, 7) is 4.00. The molecule has 0 saturated heterocycles. The van der Waals surface area contributed by atoms with Gasteiger partial charge in [0.15, 0.2) is 23.2 Å². The molecule has 0 atom stereocenters. The maximum Gasteiger partial charge on any atom is 0.271 e. The summed E-state index contributed by atoms with van der Waals surface area (Å²) in [4.78, 5) is 19.3. The Bertz CT molecular complexity index is 1210. The molecule has 164 valence electrons. The number of benzene rings is 3. The van der Waals surface area contributed by atoms with Crippen molar-refractivity contribution in [3.63, 3.8) is 0 Å². The standard InChI is InChI=1S/C25H23FN2O3S/c1-3-14-30-21-9-5-6-10-22(21)31-16-24(29)28(18-13-12-17(2)19(26)15-18)25-27-20-8-4-7-11-23(20)32-25/h4-13,15H,3,14,16H2,1-2H3. The number of hydrogen-bond donors (Lipinski definition) is 0. The second kappa shape index (κ2) is 9.78. The number of hydrogen-bond acceptors (Lipinski definition) is 5. The molecular weight excluding hydrogens is 427 g/mol. The zero-order chi connectivity index (χ0) is 22.5. The Morgan fingerprint density at radius 2 is 1.75 bits per heavy atom. The van der Waals surface area contributed by atoms with Crippen molar-refractivity contribution in [2.45, 2.75) is 20.3 Å². The number of para-hydroxylation sites is 3. The van der Waals surface area contributed by atoms with Crippen LogP contribution in [0, 0.1) is 12.7 Å². The van der Waals surface area contributed by atoms with E-state index in [1.54, 1.807) is 31.2 Å². The first kappa shape index (κ1) is 21.8. The van der Waals surface area contributed by atoms with E-state index in [0.29, 0.717) is 34.5 Å². The summed E-state index contributed by atoms with van der Waals surface area (Å²) >= 11 is 1.37. The van der Waals surface area contributed by atoms with E-state index in [1.807, 2.05) is 43.3 Å². The lowest BCUT2D eigenvalue weighted by atomic mass is 10.2. The molecular formula is C25H23FN2O3S. The zero-order valence-corrected chi connectivity index (χ0v) is 18.7. The third-order valence-electron chi connectivity index (χ3n) is 4.80. The van der Waals surface area contributed by atoms with E-state index in [9.17, 15) is 9.18 Å². The largest absolute Gasteiger partial charge is 0.490 e. The molecule has 0 aliphatic carbocycles. The topological polar surface area (TPSA) is 51.7 Å². The SMILES string of the molecule is CCCOc1ccccc1OCC(=O)N(c1ccc(C)c(F)c1)c1nc2ccccc2s1. The number of thiazole rings is 1. The first-order valence-corrected chi connectivity index (χ1v) is 11.2. The van der Waals surface area contributed by atoms with Gasteiger partial charge < -0.3 is 9.47 Å². The molecule has 0 radical (unpaired) electrons. The molecule has 3 aromatic carbocycles. The van der Waals surface area contributed by atoms with E-state index in [2.05, 4.69) is 4.98 Å². The predicted molar refractivity (Wildman–Crippen MR) is 126 cm³/mol. The van der Waals surface area contributed by atoms with E-state index < -0.39 is 0 Å². The fraction of sp³-hybridized carbons (Fsp3) is 0.200. The molecule has 1 heterocycles. The van der Waals surface area contributed by atoms with Crippen LogP contribution in [0.5, 0.6) is 11.5 Å². The van der Waals surface area contributed by atoms with Crippen LogP contribution in [-0.2, 0) is 4.79 Å². The Kier molecular flexibility index (Phi) is 6.66. The summed E-state index contributed by atoms with van der Waals surface area (Å²) in [5.41, 5.74) is 1.68. The van der Waals surface area contributed by atoms with E-state index in [4.69, 9.17) is 9.47 Å². The Labute approximate surface area is 190 Å². The molecule has 4 rings (SSSR count). The number of amides is 1. The number of halogens is 1. The molecule has 7 heteroatoms. The van der Waals surface area contributed by atoms with Crippen LogP contribution in [0.3, 0.4) is 0 Å². The minimum absolute atomic E-state index is 0.252. The van der Waals surface area contributed by atoms with Gasteiger partial charge in [-0.25, -0.2) is 9.37 Å². The van der Waals surface area contributed by atoms with Crippen LogP contribution in [0.2, 0.25) is 0 Å². The first-order chi connectivity index (χ1) is 15.6.